The Balaban J connectivity index is 1.31. The number of carbonyl (C=O) groups excluding carboxylic acids is 2. The lowest BCUT2D eigenvalue weighted by Gasteiger charge is -2.44. The van der Waals surface area contributed by atoms with Gasteiger partial charge in [0.05, 0.1) is 12.0 Å². The lowest BCUT2D eigenvalue weighted by molar-refractivity contribution is -0.142. The van der Waals surface area contributed by atoms with Crippen molar-refractivity contribution in [3.05, 3.63) is 65.7 Å². The smallest absolute Gasteiger partial charge is 0.233 e. The van der Waals surface area contributed by atoms with E-state index in [0.717, 1.165) is 63.6 Å². The fourth-order valence-electron chi connectivity index (χ4n) is 6.58. The van der Waals surface area contributed by atoms with Gasteiger partial charge in [-0.2, -0.15) is 0 Å². The monoisotopic (exact) mass is 524 g/mol. The number of hydrogen-bond donors (Lipinski definition) is 0. The molecule has 0 atom stereocenters. The van der Waals surface area contributed by atoms with Crippen LogP contribution in [0.1, 0.15) is 69.8 Å². The predicted molar refractivity (Wildman–Crippen MR) is 142 cm³/mol. The van der Waals surface area contributed by atoms with E-state index in [1.165, 1.54) is 24.3 Å². The first-order valence-corrected chi connectivity index (χ1v) is 14.1. The largest absolute Gasteiger partial charge is 0.493 e. The number of ether oxygens (including phenoxy) is 1. The molecule has 7 heteroatoms. The molecule has 2 aliphatic heterocycles. The third kappa shape index (κ3) is 5.71. The predicted octanol–water partition coefficient (Wildman–Crippen LogP) is 5.87. The Morgan fingerprint density at radius 2 is 1.29 bits per heavy atom. The van der Waals surface area contributed by atoms with Gasteiger partial charge in [0.2, 0.25) is 11.8 Å². The molecule has 2 amide bonds. The van der Waals surface area contributed by atoms with Gasteiger partial charge in [-0.05, 0) is 86.9 Å². The number of amides is 2. The minimum atomic E-state index is -0.595. The lowest BCUT2D eigenvalue weighted by atomic mass is 9.73. The molecule has 0 bridgehead atoms. The van der Waals surface area contributed by atoms with Gasteiger partial charge in [-0.15, -0.1) is 0 Å². The molecule has 2 saturated heterocycles. The molecule has 5 rings (SSSR count). The van der Waals surface area contributed by atoms with Gasteiger partial charge < -0.3 is 14.5 Å². The van der Waals surface area contributed by atoms with E-state index in [0.29, 0.717) is 44.7 Å². The van der Waals surface area contributed by atoms with E-state index in [1.807, 2.05) is 9.80 Å². The maximum atomic E-state index is 14.0. The van der Waals surface area contributed by atoms with Crippen molar-refractivity contribution >= 4 is 11.8 Å². The first-order chi connectivity index (χ1) is 18.4. The molecule has 0 aromatic heterocycles. The molecule has 2 aromatic rings. The molecule has 0 N–H and O–H groups in total. The van der Waals surface area contributed by atoms with Crippen molar-refractivity contribution in [1.29, 1.82) is 0 Å². The zero-order chi connectivity index (χ0) is 26.6. The number of rotatable bonds is 7. The summed E-state index contributed by atoms with van der Waals surface area (Å²) in [4.78, 5) is 31.2. The maximum absolute atomic E-state index is 14.0. The Hall–Kier alpha value is -2.96. The van der Waals surface area contributed by atoms with Crippen molar-refractivity contribution in [1.82, 2.24) is 9.80 Å². The van der Waals surface area contributed by atoms with Crippen molar-refractivity contribution in [2.75, 3.05) is 32.8 Å². The van der Waals surface area contributed by atoms with Gasteiger partial charge in [0.1, 0.15) is 17.4 Å². The summed E-state index contributed by atoms with van der Waals surface area (Å²) in [5.41, 5.74) is -0.0847. The average molecular weight is 525 g/mol. The highest BCUT2D eigenvalue weighted by Crippen LogP contribution is 2.45. The van der Waals surface area contributed by atoms with Gasteiger partial charge in [0, 0.05) is 38.0 Å². The van der Waals surface area contributed by atoms with Crippen LogP contribution in [0.5, 0.6) is 5.75 Å². The van der Waals surface area contributed by atoms with E-state index < -0.39 is 10.8 Å². The molecule has 38 heavy (non-hydrogen) atoms. The highest BCUT2D eigenvalue weighted by atomic mass is 19.1. The first kappa shape index (κ1) is 26.6. The van der Waals surface area contributed by atoms with E-state index in [2.05, 4.69) is 0 Å². The molecule has 1 saturated carbocycles. The number of benzene rings is 2. The lowest BCUT2D eigenvalue weighted by Crippen LogP contribution is -2.52. The van der Waals surface area contributed by atoms with Crippen molar-refractivity contribution in [3.63, 3.8) is 0 Å². The third-order valence-corrected chi connectivity index (χ3v) is 8.97. The molecule has 2 aromatic carbocycles. The minimum absolute atomic E-state index is 0.122. The number of likely N-dealkylation sites (tertiary alicyclic amines) is 2. The van der Waals surface area contributed by atoms with E-state index in [1.54, 1.807) is 24.3 Å². The Morgan fingerprint density at radius 1 is 0.711 bits per heavy atom. The first-order valence-electron chi connectivity index (χ1n) is 14.1. The van der Waals surface area contributed by atoms with Crippen LogP contribution in [0.15, 0.2) is 48.5 Å². The second-order valence-electron chi connectivity index (χ2n) is 11.4. The number of carbonyl (C=O) groups is 2. The molecule has 204 valence electrons. The summed E-state index contributed by atoms with van der Waals surface area (Å²) < 4.78 is 33.1. The maximum Gasteiger partial charge on any atom is 0.233 e. The van der Waals surface area contributed by atoms with Gasteiger partial charge in [-0.25, -0.2) is 8.78 Å². The molecular weight excluding hydrogens is 486 g/mol. The second kappa shape index (κ2) is 11.4. The van der Waals surface area contributed by atoms with Crippen LogP contribution >= 0.6 is 0 Å². The Morgan fingerprint density at radius 3 is 1.89 bits per heavy atom. The summed E-state index contributed by atoms with van der Waals surface area (Å²) in [5, 5.41) is 0. The van der Waals surface area contributed by atoms with Crippen LogP contribution in [0.3, 0.4) is 0 Å². The van der Waals surface area contributed by atoms with Crippen molar-refractivity contribution in [2.24, 2.45) is 5.41 Å². The van der Waals surface area contributed by atoms with Crippen LogP contribution in [0.4, 0.5) is 8.78 Å². The van der Waals surface area contributed by atoms with Gasteiger partial charge in [0.15, 0.2) is 0 Å². The molecular formula is C31H38F2N2O3. The number of nitrogens with zero attached hydrogens (tertiary/aromatic N) is 2. The molecule has 3 fully saturated rings. The quantitative estimate of drug-likeness (QED) is 0.455. The Kier molecular flexibility index (Phi) is 8.01. The summed E-state index contributed by atoms with van der Waals surface area (Å²) >= 11 is 0. The Labute approximate surface area is 224 Å². The Bertz CT molecular complexity index is 1100. The van der Waals surface area contributed by atoms with Crippen molar-refractivity contribution in [2.45, 2.75) is 69.6 Å². The summed E-state index contributed by atoms with van der Waals surface area (Å²) in [7, 11) is 0. The summed E-state index contributed by atoms with van der Waals surface area (Å²) in [6.07, 6.45) is 8.48. The molecule has 2 heterocycles. The molecule has 3 aliphatic rings. The number of halogens is 2. The zero-order valence-corrected chi connectivity index (χ0v) is 22.1. The molecule has 5 nitrogen and oxygen atoms in total. The topological polar surface area (TPSA) is 49.9 Å². The van der Waals surface area contributed by atoms with Gasteiger partial charge in [0.25, 0.3) is 0 Å². The third-order valence-electron chi connectivity index (χ3n) is 8.97. The van der Waals surface area contributed by atoms with Gasteiger partial charge in [-0.3, -0.25) is 9.59 Å². The van der Waals surface area contributed by atoms with Crippen LogP contribution in [0.25, 0.3) is 0 Å². The van der Waals surface area contributed by atoms with Crippen LogP contribution < -0.4 is 4.74 Å². The van der Waals surface area contributed by atoms with Crippen molar-refractivity contribution < 1.29 is 23.1 Å². The zero-order valence-electron chi connectivity index (χ0n) is 22.1. The summed E-state index contributed by atoms with van der Waals surface area (Å²) in [6.45, 7) is 3.07. The highest BCUT2D eigenvalue weighted by molar-refractivity contribution is 5.89. The molecule has 0 spiro atoms. The fourth-order valence-corrected chi connectivity index (χ4v) is 6.58. The summed E-state index contributed by atoms with van der Waals surface area (Å²) in [5.74, 6) is 0.247. The standard InChI is InChI=1S/C31H38F2N2O3/c32-25-8-6-24(7-9-25)31(14-2-3-15-31)29(37)35-20-16-30(17-21-35,22-28(36)34-18-4-1-5-19-34)23-38-27-12-10-26(33)11-13-27/h6-13H,1-5,14-23H2. The highest BCUT2D eigenvalue weighted by Gasteiger charge is 2.47. The van der Waals surface area contributed by atoms with E-state index in [4.69, 9.17) is 4.74 Å². The number of piperidine rings is 2. The number of hydrogen-bond acceptors (Lipinski definition) is 3. The minimum Gasteiger partial charge on any atom is -0.493 e. The molecule has 0 radical (unpaired) electrons. The van der Waals surface area contributed by atoms with Crippen molar-refractivity contribution in [3.8, 4) is 5.75 Å². The average Bonchev–Trinajstić information content (AvgIpc) is 3.45. The fraction of sp³-hybridized carbons (Fsp3) is 0.548. The summed E-state index contributed by atoms with van der Waals surface area (Å²) in [6, 6.07) is 12.4. The molecule has 0 unspecified atom stereocenters. The van der Waals surface area contributed by atoms with Crippen LogP contribution in [0, 0.1) is 17.0 Å². The molecule has 1 aliphatic carbocycles. The van der Waals surface area contributed by atoms with Crippen LogP contribution in [0.2, 0.25) is 0 Å². The normalized spacial score (nSPS) is 20.8. The SMILES string of the molecule is O=C(CC1(COc2ccc(F)cc2)CCN(C(=O)C2(c3ccc(F)cc3)CCCC2)CC1)N1CCCCC1. The van der Waals surface area contributed by atoms with Gasteiger partial charge in [-0.1, -0.05) is 25.0 Å². The van der Waals surface area contributed by atoms with Crippen LogP contribution in [-0.2, 0) is 15.0 Å². The van der Waals surface area contributed by atoms with E-state index in [-0.39, 0.29) is 23.4 Å². The van der Waals surface area contributed by atoms with Crippen LogP contribution in [-0.4, -0.2) is 54.4 Å². The second-order valence-corrected chi connectivity index (χ2v) is 11.4. The van der Waals surface area contributed by atoms with E-state index >= 15 is 0 Å². The van der Waals surface area contributed by atoms with Gasteiger partial charge >= 0.3 is 0 Å². The van der Waals surface area contributed by atoms with E-state index in [9.17, 15) is 18.4 Å².